The van der Waals surface area contributed by atoms with Gasteiger partial charge in [0.05, 0.1) is 24.1 Å². The highest BCUT2D eigenvalue weighted by Crippen LogP contribution is 2.18. The molecule has 5 nitrogen and oxygen atoms in total. The molecule has 0 aliphatic heterocycles. The molecular weight excluding hydrogens is 434 g/mol. The van der Waals surface area contributed by atoms with Gasteiger partial charge < -0.3 is 14.6 Å². The van der Waals surface area contributed by atoms with Gasteiger partial charge in [0.25, 0.3) is 0 Å². The second kappa shape index (κ2) is 11.5. The first-order valence-electron chi connectivity index (χ1n) is 11.3. The van der Waals surface area contributed by atoms with Gasteiger partial charge in [-0.3, -0.25) is 4.79 Å². The zero-order valence-electron chi connectivity index (χ0n) is 18.5. The number of imidazole rings is 1. The Hall–Kier alpha value is -3.31. The summed E-state index contributed by atoms with van der Waals surface area (Å²) in [5.41, 5.74) is 3.10. The maximum Gasteiger partial charge on any atom is 0.224 e. The Morgan fingerprint density at radius 2 is 1.70 bits per heavy atom. The smallest absolute Gasteiger partial charge is 0.224 e. The van der Waals surface area contributed by atoms with Gasteiger partial charge in [-0.1, -0.05) is 54.1 Å². The van der Waals surface area contributed by atoms with Gasteiger partial charge in [0.1, 0.15) is 11.6 Å². The van der Waals surface area contributed by atoms with E-state index in [1.807, 2.05) is 60.7 Å². The first-order chi connectivity index (χ1) is 16.2. The Bertz CT molecular complexity index is 1170. The lowest BCUT2D eigenvalue weighted by atomic mass is 10.1. The number of amides is 1. The lowest BCUT2D eigenvalue weighted by molar-refractivity contribution is -0.120. The van der Waals surface area contributed by atoms with Crippen molar-refractivity contribution in [1.29, 1.82) is 0 Å². The minimum Gasteiger partial charge on any atom is -0.494 e. The summed E-state index contributed by atoms with van der Waals surface area (Å²) in [4.78, 5) is 17.1. The van der Waals surface area contributed by atoms with Gasteiger partial charge in [-0.05, 0) is 54.8 Å². The number of nitrogens with one attached hydrogen (secondary N) is 1. The maximum atomic E-state index is 12.2. The van der Waals surface area contributed by atoms with Crippen molar-refractivity contribution in [1.82, 2.24) is 14.9 Å². The van der Waals surface area contributed by atoms with Crippen molar-refractivity contribution in [3.05, 3.63) is 95.3 Å². The van der Waals surface area contributed by atoms with Crippen molar-refractivity contribution in [2.24, 2.45) is 0 Å². The monoisotopic (exact) mass is 461 g/mol. The summed E-state index contributed by atoms with van der Waals surface area (Å²) in [6.45, 7) is 2.11. The summed E-state index contributed by atoms with van der Waals surface area (Å²) in [5.74, 6) is 1.95. The molecule has 1 heterocycles. The number of carbonyl (C=O) groups excluding carboxylic acids is 1. The molecular formula is C27H28ClN3O2. The van der Waals surface area contributed by atoms with E-state index in [1.54, 1.807) is 12.1 Å². The van der Waals surface area contributed by atoms with Crippen LogP contribution in [0.4, 0.5) is 0 Å². The number of halogens is 1. The van der Waals surface area contributed by atoms with Crippen molar-refractivity contribution < 1.29 is 9.53 Å². The summed E-state index contributed by atoms with van der Waals surface area (Å²) in [5, 5.41) is 3.69. The number of hydrogen-bond donors (Lipinski definition) is 1. The first kappa shape index (κ1) is 22.9. The van der Waals surface area contributed by atoms with E-state index in [1.165, 1.54) is 0 Å². The van der Waals surface area contributed by atoms with Gasteiger partial charge in [0.15, 0.2) is 0 Å². The molecule has 0 atom stereocenters. The fourth-order valence-electron chi connectivity index (χ4n) is 3.82. The van der Waals surface area contributed by atoms with E-state index in [0.29, 0.717) is 24.6 Å². The van der Waals surface area contributed by atoms with Crippen molar-refractivity contribution in [3.63, 3.8) is 0 Å². The van der Waals surface area contributed by atoms with Gasteiger partial charge in [0, 0.05) is 24.5 Å². The van der Waals surface area contributed by atoms with Gasteiger partial charge in [-0.25, -0.2) is 4.98 Å². The standard InChI is InChI=1S/C27H28ClN3O2/c28-22-15-13-21(14-16-22)20-27(32)29-17-6-12-26-30-24-10-4-5-11-25(24)31(26)18-7-19-33-23-8-2-1-3-9-23/h1-5,8-11,13-16H,6-7,12,17-20H2,(H,29,32). The van der Waals surface area contributed by atoms with E-state index < -0.39 is 0 Å². The lowest BCUT2D eigenvalue weighted by Crippen LogP contribution is -2.26. The number of nitrogens with zero attached hydrogens (tertiary/aromatic N) is 2. The molecule has 33 heavy (non-hydrogen) atoms. The van der Waals surface area contributed by atoms with E-state index in [-0.39, 0.29) is 5.91 Å². The normalized spacial score (nSPS) is 10.9. The Balaban J connectivity index is 1.28. The van der Waals surface area contributed by atoms with Crippen LogP contribution >= 0.6 is 11.6 Å². The Labute approximate surface area is 199 Å². The summed E-state index contributed by atoms with van der Waals surface area (Å²) in [6, 6.07) is 25.5. The zero-order chi connectivity index (χ0) is 22.9. The molecule has 4 rings (SSSR count). The molecule has 4 aromatic rings. The molecule has 0 spiro atoms. The minimum atomic E-state index is 0.0175. The quantitative estimate of drug-likeness (QED) is 0.302. The van der Waals surface area contributed by atoms with Crippen LogP contribution in [0.25, 0.3) is 11.0 Å². The topological polar surface area (TPSA) is 56.2 Å². The van der Waals surface area contributed by atoms with Crippen LogP contribution in [0, 0.1) is 0 Å². The number of ether oxygens (including phenoxy) is 1. The van der Waals surface area contributed by atoms with E-state index in [2.05, 4.69) is 16.0 Å². The molecule has 0 unspecified atom stereocenters. The van der Waals surface area contributed by atoms with Crippen molar-refractivity contribution in [3.8, 4) is 5.75 Å². The first-order valence-corrected chi connectivity index (χ1v) is 11.7. The minimum absolute atomic E-state index is 0.0175. The predicted octanol–water partition coefficient (Wildman–Crippen LogP) is 5.45. The fourth-order valence-corrected chi connectivity index (χ4v) is 3.95. The molecule has 1 amide bonds. The van der Waals surface area contributed by atoms with Gasteiger partial charge in [-0.2, -0.15) is 0 Å². The Morgan fingerprint density at radius 3 is 2.52 bits per heavy atom. The third kappa shape index (κ3) is 6.59. The summed E-state index contributed by atoms with van der Waals surface area (Å²) in [7, 11) is 0. The molecule has 6 heteroatoms. The summed E-state index contributed by atoms with van der Waals surface area (Å²) in [6.07, 6.45) is 2.88. The molecule has 0 saturated heterocycles. The molecule has 1 N–H and O–H groups in total. The molecule has 0 aliphatic rings. The van der Waals surface area contributed by atoms with Gasteiger partial charge in [0.2, 0.25) is 5.91 Å². The van der Waals surface area contributed by atoms with Crippen molar-refractivity contribution in [2.75, 3.05) is 13.2 Å². The van der Waals surface area contributed by atoms with Crippen LogP contribution in [0.2, 0.25) is 5.02 Å². The third-order valence-corrected chi connectivity index (χ3v) is 5.70. The number of rotatable bonds is 11. The molecule has 0 saturated carbocycles. The number of carbonyl (C=O) groups is 1. The number of para-hydroxylation sites is 3. The SMILES string of the molecule is O=C(Cc1ccc(Cl)cc1)NCCCc1nc2ccccc2n1CCCOc1ccccc1. The van der Waals surface area contributed by atoms with Crippen LogP contribution in [0.3, 0.4) is 0 Å². The van der Waals surface area contributed by atoms with E-state index in [4.69, 9.17) is 21.3 Å². The predicted molar refractivity (Wildman–Crippen MR) is 133 cm³/mol. The zero-order valence-corrected chi connectivity index (χ0v) is 19.3. The molecule has 0 radical (unpaired) electrons. The van der Waals surface area contributed by atoms with E-state index in [0.717, 1.165) is 54.0 Å². The number of benzene rings is 3. The highest BCUT2D eigenvalue weighted by atomic mass is 35.5. The second-order valence-corrected chi connectivity index (χ2v) is 8.38. The average molecular weight is 462 g/mol. The Morgan fingerprint density at radius 1 is 0.939 bits per heavy atom. The number of hydrogen-bond acceptors (Lipinski definition) is 3. The molecule has 170 valence electrons. The van der Waals surface area contributed by atoms with Crippen LogP contribution in [0.15, 0.2) is 78.9 Å². The molecule has 1 aromatic heterocycles. The second-order valence-electron chi connectivity index (χ2n) is 7.94. The van der Waals surface area contributed by atoms with Crippen LogP contribution in [0.5, 0.6) is 5.75 Å². The number of aromatic nitrogens is 2. The molecule has 0 aliphatic carbocycles. The third-order valence-electron chi connectivity index (χ3n) is 5.45. The largest absolute Gasteiger partial charge is 0.494 e. The lowest BCUT2D eigenvalue weighted by Gasteiger charge is -2.11. The van der Waals surface area contributed by atoms with E-state index >= 15 is 0 Å². The van der Waals surface area contributed by atoms with Crippen molar-refractivity contribution in [2.45, 2.75) is 32.2 Å². The van der Waals surface area contributed by atoms with Crippen LogP contribution < -0.4 is 10.1 Å². The van der Waals surface area contributed by atoms with E-state index in [9.17, 15) is 4.79 Å². The fraction of sp³-hybridized carbons (Fsp3) is 0.259. The van der Waals surface area contributed by atoms with Gasteiger partial charge >= 0.3 is 0 Å². The average Bonchev–Trinajstić information content (AvgIpc) is 3.19. The maximum absolute atomic E-state index is 12.2. The molecule has 0 bridgehead atoms. The number of aryl methyl sites for hydroxylation is 2. The van der Waals surface area contributed by atoms with Gasteiger partial charge in [-0.15, -0.1) is 0 Å². The molecule has 3 aromatic carbocycles. The number of fused-ring (bicyclic) bond motifs is 1. The highest BCUT2D eigenvalue weighted by Gasteiger charge is 2.11. The summed E-state index contributed by atoms with van der Waals surface area (Å²) < 4.78 is 8.12. The van der Waals surface area contributed by atoms with Crippen LogP contribution in [0.1, 0.15) is 24.2 Å². The highest BCUT2D eigenvalue weighted by molar-refractivity contribution is 6.30. The Kier molecular flexibility index (Phi) is 7.99. The summed E-state index contributed by atoms with van der Waals surface area (Å²) >= 11 is 5.90. The van der Waals surface area contributed by atoms with Crippen molar-refractivity contribution >= 4 is 28.5 Å². The van der Waals surface area contributed by atoms with Crippen LogP contribution in [-0.2, 0) is 24.2 Å². The molecule has 0 fully saturated rings. The van der Waals surface area contributed by atoms with Crippen LogP contribution in [-0.4, -0.2) is 28.6 Å².